The van der Waals surface area contributed by atoms with Crippen molar-refractivity contribution in [2.75, 3.05) is 0 Å². The van der Waals surface area contributed by atoms with Crippen LogP contribution in [0.5, 0.6) is 0 Å². The molecule has 3 nitrogen and oxygen atoms in total. The first-order valence-electron chi connectivity index (χ1n) is 2.07. The molecule has 0 bridgehead atoms. The van der Waals surface area contributed by atoms with Crippen molar-refractivity contribution >= 4 is 33.5 Å². The van der Waals surface area contributed by atoms with E-state index >= 15 is 0 Å². The SMILES string of the molecule is O=C1OC(O)C(Br)=C1Cl. The molecular formula is C4H2BrClO3. The predicted octanol–water partition coefficient (Wildman–Crippen LogP) is 0.707. The van der Waals surface area contributed by atoms with E-state index in [-0.39, 0.29) is 9.51 Å². The van der Waals surface area contributed by atoms with Crippen molar-refractivity contribution in [3.05, 3.63) is 9.51 Å². The average molecular weight is 213 g/mol. The Labute approximate surface area is 64.4 Å². The molecule has 0 aromatic rings. The Hall–Kier alpha value is -0.0600. The normalized spacial score (nSPS) is 27.0. The minimum atomic E-state index is -1.22. The van der Waals surface area contributed by atoms with Gasteiger partial charge < -0.3 is 9.84 Å². The van der Waals surface area contributed by atoms with Crippen molar-refractivity contribution in [2.45, 2.75) is 6.29 Å². The van der Waals surface area contributed by atoms with Crippen LogP contribution in [0.25, 0.3) is 0 Å². The standard InChI is InChI=1S/C4H2BrClO3/c5-1-2(6)4(8)9-3(1)7/h3,7H. The Kier molecular flexibility index (Phi) is 1.79. The van der Waals surface area contributed by atoms with Gasteiger partial charge in [0.15, 0.2) is 0 Å². The van der Waals surface area contributed by atoms with Gasteiger partial charge in [0.2, 0.25) is 6.29 Å². The van der Waals surface area contributed by atoms with E-state index in [2.05, 4.69) is 20.7 Å². The number of hydrogen-bond donors (Lipinski definition) is 1. The monoisotopic (exact) mass is 212 g/mol. The fourth-order valence-corrected chi connectivity index (χ4v) is 0.804. The number of esters is 1. The van der Waals surface area contributed by atoms with E-state index < -0.39 is 12.3 Å². The first-order valence-corrected chi connectivity index (χ1v) is 3.24. The molecule has 1 atom stereocenters. The van der Waals surface area contributed by atoms with Gasteiger partial charge in [-0.15, -0.1) is 0 Å². The van der Waals surface area contributed by atoms with Gasteiger partial charge in [-0.05, 0) is 15.9 Å². The van der Waals surface area contributed by atoms with Crippen molar-refractivity contribution in [1.29, 1.82) is 0 Å². The van der Waals surface area contributed by atoms with Crippen LogP contribution in [0.15, 0.2) is 9.51 Å². The Morgan fingerprint density at radius 2 is 2.33 bits per heavy atom. The van der Waals surface area contributed by atoms with Crippen LogP contribution in [0.4, 0.5) is 0 Å². The van der Waals surface area contributed by atoms with Crippen molar-refractivity contribution < 1.29 is 14.6 Å². The maximum atomic E-state index is 10.4. The van der Waals surface area contributed by atoms with E-state index in [1.807, 2.05) is 0 Å². The Balaban J connectivity index is 2.92. The molecule has 1 aliphatic heterocycles. The second kappa shape index (κ2) is 2.28. The summed E-state index contributed by atoms with van der Waals surface area (Å²) >= 11 is 8.17. The van der Waals surface area contributed by atoms with Crippen LogP contribution in [-0.2, 0) is 9.53 Å². The van der Waals surface area contributed by atoms with Crippen LogP contribution < -0.4 is 0 Å². The smallest absolute Gasteiger partial charge is 0.353 e. The zero-order chi connectivity index (χ0) is 7.02. The maximum absolute atomic E-state index is 10.4. The van der Waals surface area contributed by atoms with Crippen LogP contribution in [0, 0.1) is 0 Å². The molecule has 0 amide bonds. The first-order chi connectivity index (χ1) is 4.13. The molecule has 1 unspecified atom stereocenters. The summed E-state index contributed by atoms with van der Waals surface area (Å²) in [4.78, 5) is 10.4. The summed E-state index contributed by atoms with van der Waals surface area (Å²) in [5.74, 6) is -0.698. The molecule has 5 heteroatoms. The van der Waals surface area contributed by atoms with Gasteiger partial charge in [-0.2, -0.15) is 0 Å². The van der Waals surface area contributed by atoms with E-state index in [0.29, 0.717) is 0 Å². The molecule has 0 saturated carbocycles. The first kappa shape index (κ1) is 7.05. The van der Waals surface area contributed by atoms with Crippen LogP contribution >= 0.6 is 27.5 Å². The molecule has 0 aliphatic carbocycles. The minimum Gasteiger partial charge on any atom is -0.427 e. The quantitative estimate of drug-likeness (QED) is 0.603. The van der Waals surface area contributed by atoms with Gasteiger partial charge >= 0.3 is 5.97 Å². The molecule has 0 aromatic heterocycles. The summed E-state index contributed by atoms with van der Waals surface area (Å²) in [6.45, 7) is 0. The fourth-order valence-electron chi connectivity index (χ4n) is 0.411. The number of rotatable bonds is 0. The predicted molar refractivity (Wildman–Crippen MR) is 33.9 cm³/mol. The van der Waals surface area contributed by atoms with Crippen molar-refractivity contribution in [3.8, 4) is 0 Å². The third kappa shape index (κ3) is 1.10. The number of halogens is 2. The summed E-state index contributed by atoms with van der Waals surface area (Å²) in [6, 6.07) is 0. The van der Waals surface area contributed by atoms with E-state index in [1.165, 1.54) is 0 Å². The van der Waals surface area contributed by atoms with Crippen molar-refractivity contribution in [2.24, 2.45) is 0 Å². The second-order valence-electron chi connectivity index (χ2n) is 1.42. The van der Waals surface area contributed by atoms with Crippen LogP contribution in [-0.4, -0.2) is 17.4 Å². The third-order valence-electron chi connectivity index (χ3n) is 0.824. The van der Waals surface area contributed by atoms with Gasteiger partial charge in [0.1, 0.15) is 5.03 Å². The number of aliphatic hydroxyl groups is 1. The van der Waals surface area contributed by atoms with Crippen LogP contribution in [0.2, 0.25) is 0 Å². The van der Waals surface area contributed by atoms with Gasteiger partial charge in [0, 0.05) is 0 Å². The Bertz CT molecular complexity index is 188. The van der Waals surface area contributed by atoms with Gasteiger partial charge in [0.05, 0.1) is 4.48 Å². The lowest BCUT2D eigenvalue weighted by Crippen LogP contribution is -2.06. The second-order valence-corrected chi connectivity index (χ2v) is 2.65. The molecule has 0 radical (unpaired) electrons. The highest BCUT2D eigenvalue weighted by Crippen LogP contribution is 2.28. The molecule has 0 saturated heterocycles. The van der Waals surface area contributed by atoms with E-state index in [1.54, 1.807) is 0 Å². The van der Waals surface area contributed by atoms with Crippen molar-refractivity contribution in [3.63, 3.8) is 0 Å². The molecule has 50 valence electrons. The van der Waals surface area contributed by atoms with E-state index in [0.717, 1.165) is 0 Å². The minimum absolute atomic E-state index is 0.0949. The molecule has 0 aromatic carbocycles. The number of carbonyl (C=O) groups is 1. The van der Waals surface area contributed by atoms with E-state index in [9.17, 15) is 4.79 Å². The summed E-state index contributed by atoms with van der Waals surface area (Å²) in [6.07, 6.45) is -1.22. The fraction of sp³-hybridized carbons (Fsp3) is 0.250. The Morgan fingerprint density at radius 1 is 1.78 bits per heavy atom. The molecule has 1 rings (SSSR count). The zero-order valence-electron chi connectivity index (χ0n) is 4.10. The highest BCUT2D eigenvalue weighted by molar-refractivity contribution is 9.11. The lowest BCUT2D eigenvalue weighted by molar-refractivity contribution is -0.150. The number of carbonyl (C=O) groups excluding carboxylic acids is 1. The molecular weight excluding hydrogens is 211 g/mol. The summed E-state index contributed by atoms with van der Waals surface area (Å²) in [5, 5.41) is 8.61. The number of aliphatic hydroxyl groups excluding tert-OH is 1. The highest BCUT2D eigenvalue weighted by atomic mass is 79.9. The zero-order valence-corrected chi connectivity index (χ0v) is 6.44. The average Bonchev–Trinajstić information content (AvgIpc) is 1.98. The number of cyclic esters (lactones) is 1. The molecule has 0 fully saturated rings. The molecule has 1 heterocycles. The van der Waals surface area contributed by atoms with Crippen LogP contribution in [0.3, 0.4) is 0 Å². The summed E-state index contributed by atoms with van der Waals surface area (Å²) in [7, 11) is 0. The number of ether oxygens (including phenoxy) is 1. The number of hydrogen-bond acceptors (Lipinski definition) is 3. The van der Waals surface area contributed by atoms with Gasteiger partial charge in [0.25, 0.3) is 0 Å². The summed E-state index contributed by atoms with van der Waals surface area (Å²) in [5.41, 5.74) is 0. The maximum Gasteiger partial charge on any atom is 0.353 e. The van der Waals surface area contributed by atoms with Crippen LogP contribution in [0.1, 0.15) is 0 Å². The van der Waals surface area contributed by atoms with Crippen molar-refractivity contribution in [1.82, 2.24) is 0 Å². The highest BCUT2D eigenvalue weighted by Gasteiger charge is 2.29. The van der Waals surface area contributed by atoms with E-state index in [4.69, 9.17) is 16.7 Å². The Morgan fingerprint density at radius 3 is 2.44 bits per heavy atom. The largest absolute Gasteiger partial charge is 0.427 e. The molecule has 9 heavy (non-hydrogen) atoms. The topological polar surface area (TPSA) is 46.5 Å². The van der Waals surface area contributed by atoms with Gasteiger partial charge in [-0.25, -0.2) is 4.79 Å². The summed E-state index contributed by atoms with van der Waals surface area (Å²) < 4.78 is 4.44. The third-order valence-corrected chi connectivity index (χ3v) is 2.20. The van der Waals surface area contributed by atoms with Gasteiger partial charge in [-0.3, -0.25) is 0 Å². The van der Waals surface area contributed by atoms with Gasteiger partial charge in [-0.1, -0.05) is 11.6 Å². The molecule has 1 aliphatic rings. The molecule has 0 spiro atoms. The molecule has 1 N–H and O–H groups in total. The lowest BCUT2D eigenvalue weighted by atomic mass is 10.5. The lowest BCUT2D eigenvalue weighted by Gasteiger charge is -1.97.